The van der Waals surface area contributed by atoms with E-state index >= 15 is 0 Å². The van der Waals surface area contributed by atoms with Crippen molar-refractivity contribution in [2.24, 2.45) is 0 Å². The number of halogens is 2. The lowest BCUT2D eigenvalue weighted by Gasteiger charge is -2.22. The Hall–Kier alpha value is -1.65. The van der Waals surface area contributed by atoms with E-state index in [1.54, 1.807) is 18.3 Å². The fourth-order valence-electron chi connectivity index (χ4n) is 2.50. The maximum atomic E-state index is 14.0. The van der Waals surface area contributed by atoms with Gasteiger partial charge in [-0.3, -0.25) is 0 Å². The molecule has 0 spiro atoms. The average molecular weight is 308 g/mol. The van der Waals surface area contributed by atoms with Crippen molar-refractivity contribution in [2.45, 2.75) is 26.3 Å². The number of nitrogens with zero attached hydrogens (tertiary/aromatic N) is 1. The number of pyridine rings is 1. The van der Waals surface area contributed by atoms with Crippen LogP contribution in [0.1, 0.15) is 29.7 Å². The topological polar surface area (TPSA) is 50.9 Å². The number of hydrogen-bond donors (Lipinski definition) is 2. The molecular weight excluding hydrogens is 289 g/mol. The SMILES string of the molecule is CCNC(Cc1c(F)cccc1Cl)c1c(C)ccnc1N. The molecule has 1 aromatic carbocycles. The van der Waals surface area contributed by atoms with Gasteiger partial charge in [-0.05, 0) is 43.7 Å². The Morgan fingerprint density at radius 1 is 1.38 bits per heavy atom. The Balaban J connectivity index is 2.41. The van der Waals surface area contributed by atoms with Crippen LogP contribution in [0, 0.1) is 12.7 Å². The van der Waals surface area contributed by atoms with Gasteiger partial charge in [0.25, 0.3) is 0 Å². The Kier molecular flexibility index (Phi) is 5.15. The van der Waals surface area contributed by atoms with Crippen molar-refractivity contribution in [2.75, 3.05) is 12.3 Å². The van der Waals surface area contributed by atoms with E-state index in [1.165, 1.54) is 6.07 Å². The van der Waals surface area contributed by atoms with Gasteiger partial charge in [-0.25, -0.2) is 9.37 Å². The summed E-state index contributed by atoms with van der Waals surface area (Å²) in [7, 11) is 0. The molecule has 0 saturated carbocycles. The van der Waals surface area contributed by atoms with Crippen LogP contribution in [0.15, 0.2) is 30.5 Å². The third-order valence-corrected chi connectivity index (χ3v) is 3.86. The highest BCUT2D eigenvalue weighted by molar-refractivity contribution is 6.31. The first kappa shape index (κ1) is 15.7. The Labute approximate surface area is 129 Å². The zero-order chi connectivity index (χ0) is 15.4. The molecule has 1 unspecified atom stereocenters. The van der Waals surface area contributed by atoms with Crippen molar-refractivity contribution in [1.82, 2.24) is 10.3 Å². The van der Waals surface area contributed by atoms with E-state index in [2.05, 4.69) is 10.3 Å². The first-order valence-electron chi connectivity index (χ1n) is 6.91. The number of aromatic nitrogens is 1. The van der Waals surface area contributed by atoms with E-state index < -0.39 is 0 Å². The number of anilines is 1. The Morgan fingerprint density at radius 3 is 2.76 bits per heavy atom. The lowest BCUT2D eigenvalue weighted by molar-refractivity contribution is 0.526. The highest BCUT2D eigenvalue weighted by Gasteiger charge is 2.20. The minimum absolute atomic E-state index is 0.127. The van der Waals surface area contributed by atoms with Crippen LogP contribution in [0.4, 0.5) is 10.2 Å². The molecule has 1 heterocycles. The van der Waals surface area contributed by atoms with Gasteiger partial charge >= 0.3 is 0 Å². The third kappa shape index (κ3) is 3.52. The maximum Gasteiger partial charge on any atom is 0.128 e. The monoisotopic (exact) mass is 307 g/mol. The second-order valence-corrected chi connectivity index (χ2v) is 5.35. The fraction of sp³-hybridized carbons (Fsp3) is 0.312. The first-order valence-corrected chi connectivity index (χ1v) is 7.29. The number of rotatable bonds is 5. The van der Waals surface area contributed by atoms with Crippen LogP contribution >= 0.6 is 11.6 Å². The van der Waals surface area contributed by atoms with Crippen molar-refractivity contribution in [3.8, 4) is 0 Å². The molecule has 0 aliphatic heterocycles. The van der Waals surface area contributed by atoms with Crippen LogP contribution in [0.25, 0.3) is 0 Å². The van der Waals surface area contributed by atoms with Gasteiger partial charge in [-0.15, -0.1) is 0 Å². The van der Waals surface area contributed by atoms with Crippen LogP contribution in [-0.2, 0) is 6.42 Å². The number of nitrogens with one attached hydrogen (secondary N) is 1. The zero-order valence-electron chi connectivity index (χ0n) is 12.2. The summed E-state index contributed by atoms with van der Waals surface area (Å²) in [4.78, 5) is 4.14. The highest BCUT2D eigenvalue weighted by atomic mass is 35.5. The number of nitrogens with two attached hydrogens (primary N) is 1. The summed E-state index contributed by atoms with van der Waals surface area (Å²) < 4.78 is 14.0. The fourth-order valence-corrected chi connectivity index (χ4v) is 2.74. The molecule has 0 fully saturated rings. The van der Waals surface area contributed by atoms with E-state index in [4.69, 9.17) is 17.3 Å². The first-order chi connectivity index (χ1) is 10.0. The minimum atomic E-state index is -0.300. The van der Waals surface area contributed by atoms with Crippen molar-refractivity contribution in [3.63, 3.8) is 0 Å². The van der Waals surface area contributed by atoms with Crippen LogP contribution in [0.2, 0.25) is 5.02 Å². The molecule has 0 saturated heterocycles. The molecule has 0 bridgehead atoms. The van der Waals surface area contributed by atoms with Gasteiger partial charge in [0.1, 0.15) is 11.6 Å². The molecule has 1 aromatic heterocycles. The third-order valence-electron chi connectivity index (χ3n) is 3.51. The van der Waals surface area contributed by atoms with Gasteiger partial charge in [0.2, 0.25) is 0 Å². The van der Waals surface area contributed by atoms with Crippen molar-refractivity contribution >= 4 is 17.4 Å². The summed E-state index contributed by atoms with van der Waals surface area (Å²) in [6.45, 7) is 4.71. The van der Waals surface area contributed by atoms with Crippen molar-refractivity contribution < 1.29 is 4.39 Å². The maximum absolute atomic E-state index is 14.0. The standard InChI is InChI=1S/C16H19ClFN3/c1-3-20-14(15-10(2)7-8-21-16(15)19)9-11-12(17)5-4-6-13(11)18/h4-8,14,20H,3,9H2,1-2H3,(H2,19,21). The molecule has 3 N–H and O–H groups in total. The molecule has 0 aliphatic rings. The molecule has 3 nitrogen and oxygen atoms in total. The van der Waals surface area contributed by atoms with Crippen molar-refractivity contribution in [3.05, 3.63) is 58.0 Å². The summed E-state index contributed by atoms with van der Waals surface area (Å²) in [5.41, 5.74) is 8.43. The van der Waals surface area contributed by atoms with Gasteiger partial charge in [0.15, 0.2) is 0 Å². The van der Waals surface area contributed by atoms with Crippen LogP contribution in [0.3, 0.4) is 0 Å². The number of benzene rings is 1. The summed E-state index contributed by atoms with van der Waals surface area (Å²) in [6.07, 6.45) is 2.10. The number of hydrogen-bond acceptors (Lipinski definition) is 3. The molecular formula is C16H19ClFN3. The number of nitrogen functional groups attached to an aromatic ring is 1. The molecule has 0 amide bonds. The van der Waals surface area contributed by atoms with E-state index in [1.807, 2.05) is 19.9 Å². The van der Waals surface area contributed by atoms with E-state index in [-0.39, 0.29) is 11.9 Å². The summed E-state index contributed by atoms with van der Waals surface area (Å²) >= 11 is 6.13. The normalized spacial score (nSPS) is 12.4. The molecule has 0 aliphatic carbocycles. The molecule has 21 heavy (non-hydrogen) atoms. The second kappa shape index (κ2) is 6.87. The van der Waals surface area contributed by atoms with Crippen LogP contribution in [-0.4, -0.2) is 11.5 Å². The predicted octanol–water partition coefficient (Wildman–Crippen LogP) is 3.66. The lowest BCUT2D eigenvalue weighted by Crippen LogP contribution is -2.25. The van der Waals surface area contributed by atoms with E-state index in [9.17, 15) is 4.39 Å². The zero-order valence-corrected chi connectivity index (χ0v) is 12.9. The molecule has 5 heteroatoms. The minimum Gasteiger partial charge on any atom is -0.383 e. The smallest absolute Gasteiger partial charge is 0.128 e. The van der Waals surface area contributed by atoms with E-state index in [0.29, 0.717) is 22.8 Å². The molecule has 0 radical (unpaired) electrons. The molecule has 2 aromatic rings. The van der Waals surface area contributed by atoms with Crippen molar-refractivity contribution in [1.29, 1.82) is 0 Å². The van der Waals surface area contributed by atoms with Gasteiger partial charge < -0.3 is 11.1 Å². The van der Waals surface area contributed by atoms with Gasteiger partial charge in [0.05, 0.1) is 0 Å². The van der Waals surface area contributed by atoms with Gasteiger partial charge in [-0.1, -0.05) is 24.6 Å². The summed E-state index contributed by atoms with van der Waals surface area (Å²) in [5, 5.41) is 3.77. The van der Waals surface area contributed by atoms with Gasteiger partial charge in [-0.2, -0.15) is 0 Å². The quantitative estimate of drug-likeness (QED) is 0.886. The second-order valence-electron chi connectivity index (χ2n) is 4.94. The van der Waals surface area contributed by atoms with E-state index in [0.717, 1.165) is 17.7 Å². The largest absolute Gasteiger partial charge is 0.383 e. The lowest BCUT2D eigenvalue weighted by atomic mass is 9.95. The average Bonchev–Trinajstić information content (AvgIpc) is 2.42. The van der Waals surface area contributed by atoms with Crippen LogP contribution < -0.4 is 11.1 Å². The molecule has 1 atom stereocenters. The molecule has 2 rings (SSSR count). The number of likely N-dealkylation sites (N-methyl/N-ethyl adjacent to an activating group) is 1. The summed E-state index contributed by atoms with van der Waals surface area (Å²) in [6, 6.07) is 6.50. The Morgan fingerprint density at radius 2 is 2.14 bits per heavy atom. The Bertz CT molecular complexity index is 590. The summed E-state index contributed by atoms with van der Waals surface area (Å²) in [5.74, 6) is 0.166. The van der Waals surface area contributed by atoms with Gasteiger partial charge in [0, 0.05) is 28.4 Å². The van der Waals surface area contributed by atoms with Crippen LogP contribution in [0.5, 0.6) is 0 Å². The predicted molar refractivity (Wildman–Crippen MR) is 84.9 cm³/mol. The molecule has 112 valence electrons. The number of aryl methyl sites for hydroxylation is 1. The highest BCUT2D eigenvalue weighted by Crippen LogP contribution is 2.29.